The SMILES string of the molecule is CC/C=C\C/C=C\C/C=C\CC(=O)OCC(COC(=O)CCCCCCCCCCCCCCCC)OC(=O)C/C=C\C/C=C\C/C=C\CC. The van der Waals surface area contributed by atoms with Crippen LogP contribution in [0.5, 0.6) is 0 Å². The van der Waals surface area contributed by atoms with Gasteiger partial charge in [-0.1, -0.05) is 177 Å². The van der Waals surface area contributed by atoms with Crippen molar-refractivity contribution in [2.45, 2.75) is 175 Å². The second kappa shape index (κ2) is 38.6. The van der Waals surface area contributed by atoms with Crippen molar-refractivity contribution in [1.29, 1.82) is 0 Å². The van der Waals surface area contributed by atoms with Crippen LogP contribution in [0.4, 0.5) is 0 Å². The quantitative estimate of drug-likeness (QED) is 0.0288. The van der Waals surface area contributed by atoms with Crippen LogP contribution in [-0.4, -0.2) is 37.2 Å². The van der Waals surface area contributed by atoms with Gasteiger partial charge >= 0.3 is 17.9 Å². The van der Waals surface area contributed by atoms with E-state index in [1.807, 2.05) is 12.2 Å². The van der Waals surface area contributed by atoms with Crippen LogP contribution in [0, 0.1) is 0 Å². The molecule has 0 aromatic heterocycles. The van der Waals surface area contributed by atoms with Crippen LogP contribution in [-0.2, 0) is 28.6 Å². The number of hydrogen-bond acceptors (Lipinski definition) is 6. The molecule has 0 aliphatic rings. The van der Waals surface area contributed by atoms with Gasteiger partial charge in [0.2, 0.25) is 0 Å². The summed E-state index contributed by atoms with van der Waals surface area (Å²) in [6, 6.07) is 0. The van der Waals surface area contributed by atoms with E-state index in [4.69, 9.17) is 14.2 Å². The van der Waals surface area contributed by atoms with Crippen molar-refractivity contribution in [3.8, 4) is 0 Å². The van der Waals surface area contributed by atoms with E-state index in [9.17, 15) is 14.4 Å². The molecule has 0 spiro atoms. The molecule has 0 heterocycles. The molecule has 0 saturated heterocycles. The lowest BCUT2D eigenvalue weighted by Gasteiger charge is -2.17. The van der Waals surface area contributed by atoms with Crippen molar-refractivity contribution in [3.05, 3.63) is 72.9 Å². The number of ether oxygens (including phenoxy) is 3. The highest BCUT2D eigenvalue weighted by atomic mass is 16.6. The second-order valence-corrected chi connectivity index (χ2v) is 12.8. The highest BCUT2D eigenvalue weighted by molar-refractivity contribution is 5.72. The second-order valence-electron chi connectivity index (χ2n) is 12.8. The standard InChI is InChI=1S/C44H72O6/c1-4-7-10-13-16-19-20-21-22-23-26-28-31-34-37-43(46)49-40-41(50-44(47)38-35-32-29-25-18-15-12-9-6-3)39-48-42(45)36-33-30-27-24-17-14-11-8-5-2/h8-9,11-12,17-18,24-25,30,32-33,35,41H,4-7,10,13-16,19-23,26-29,31,34,36-40H2,1-3H3/b11-8-,12-9-,24-17-,25-18-,33-30-,35-32-. The van der Waals surface area contributed by atoms with Crippen molar-refractivity contribution in [1.82, 2.24) is 0 Å². The van der Waals surface area contributed by atoms with E-state index in [1.165, 1.54) is 70.6 Å². The van der Waals surface area contributed by atoms with E-state index in [-0.39, 0.29) is 32.0 Å². The highest BCUT2D eigenvalue weighted by Gasteiger charge is 2.19. The molecular formula is C44H72O6. The average molecular weight is 697 g/mol. The number of rotatable bonds is 34. The van der Waals surface area contributed by atoms with Gasteiger partial charge in [-0.3, -0.25) is 14.4 Å². The summed E-state index contributed by atoms with van der Waals surface area (Å²) in [6.45, 7) is 6.17. The molecule has 1 atom stereocenters. The maximum atomic E-state index is 12.5. The van der Waals surface area contributed by atoms with Gasteiger partial charge in [-0.05, 0) is 44.9 Å². The first-order valence-corrected chi connectivity index (χ1v) is 19.9. The van der Waals surface area contributed by atoms with Gasteiger partial charge in [-0.2, -0.15) is 0 Å². The van der Waals surface area contributed by atoms with Crippen molar-refractivity contribution < 1.29 is 28.6 Å². The van der Waals surface area contributed by atoms with Crippen molar-refractivity contribution >= 4 is 17.9 Å². The van der Waals surface area contributed by atoms with Crippen LogP contribution in [0.2, 0.25) is 0 Å². The van der Waals surface area contributed by atoms with Crippen LogP contribution < -0.4 is 0 Å². The average Bonchev–Trinajstić information content (AvgIpc) is 3.11. The Kier molecular flexibility index (Phi) is 36.2. The topological polar surface area (TPSA) is 78.9 Å². The minimum Gasteiger partial charge on any atom is -0.462 e. The Hall–Kier alpha value is -3.15. The molecule has 0 saturated carbocycles. The number of unbranched alkanes of at least 4 members (excludes halogenated alkanes) is 13. The first-order chi connectivity index (χ1) is 24.5. The molecule has 0 aliphatic carbocycles. The normalized spacial score (nSPS) is 12.8. The number of carbonyl (C=O) groups is 3. The lowest BCUT2D eigenvalue weighted by molar-refractivity contribution is -0.166. The molecule has 1 unspecified atom stereocenters. The fourth-order valence-corrected chi connectivity index (χ4v) is 5.09. The van der Waals surface area contributed by atoms with Crippen LogP contribution in [0.3, 0.4) is 0 Å². The Morgan fingerprint density at radius 2 is 0.780 bits per heavy atom. The predicted molar refractivity (Wildman–Crippen MR) is 210 cm³/mol. The van der Waals surface area contributed by atoms with Crippen molar-refractivity contribution in [2.24, 2.45) is 0 Å². The van der Waals surface area contributed by atoms with Gasteiger partial charge in [0.25, 0.3) is 0 Å². The highest BCUT2D eigenvalue weighted by Crippen LogP contribution is 2.14. The summed E-state index contributed by atoms with van der Waals surface area (Å²) < 4.78 is 16.4. The fourth-order valence-electron chi connectivity index (χ4n) is 5.09. The maximum absolute atomic E-state index is 12.5. The van der Waals surface area contributed by atoms with Gasteiger partial charge in [0.15, 0.2) is 6.10 Å². The summed E-state index contributed by atoms with van der Waals surface area (Å²) in [5.74, 6) is -1.20. The van der Waals surface area contributed by atoms with Crippen LogP contribution in [0.25, 0.3) is 0 Å². The molecule has 0 rings (SSSR count). The smallest absolute Gasteiger partial charge is 0.310 e. The number of hydrogen-bond donors (Lipinski definition) is 0. The van der Waals surface area contributed by atoms with E-state index < -0.39 is 18.0 Å². The zero-order valence-electron chi connectivity index (χ0n) is 32.1. The number of esters is 3. The largest absolute Gasteiger partial charge is 0.462 e. The maximum Gasteiger partial charge on any atom is 0.310 e. The predicted octanol–water partition coefficient (Wildman–Crippen LogP) is 12.4. The number of allylic oxidation sites excluding steroid dienone is 10. The summed E-state index contributed by atoms with van der Waals surface area (Å²) in [6.07, 6.45) is 46.7. The van der Waals surface area contributed by atoms with E-state index in [0.717, 1.165) is 57.8 Å². The number of carbonyl (C=O) groups excluding carboxylic acids is 3. The first-order valence-electron chi connectivity index (χ1n) is 19.9. The molecule has 6 nitrogen and oxygen atoms in total. The van der Waals surface area contributed by atoms with E-state index in [0.29, 0.717) is 6.42 Å². The van der Waals surface area contributed by atoms with E-state index in [2.05, 4.69) is 69.4 Å². The zero-order chi connectivity index (χ0) is 36.6. The van der Waals surface area contributed by atoms with Crippen molar-refractivity contribution in [2.75, 3.05) is 13.2 Å². The van der Waals surface area contributed by atoms with Crippen LogP contribution >= 0.6 is 0 Å². The van der Waals surface area contributed by atoms with Gasteiger partial charge in [0.1, 0.15) is 13.2 Å². The molecule has 50 heavy (non-hydrogen) atoms. The Morgan fingerprint density at radius 3 is 1.22 bits per heavy atom. The molecule has 284 valence electrons. The Balaban J connectivity index is 4.49. The van der Waals surface area contributed by atoms with E-state index >= 15 is 0 Å². The molecule has 0 amide bonds. The van der Waals surface area contributed by atoms with Crippen LogP contribution in [0.15, 0.2) is 72.9 Å². The summed E-state index contributed by atoms with van der Waals surface area (Å²) in [5.41, 5.74) is 0. The molecule has 0 aliphatic heterocycles. The van der Waals surface area contributed by atoms with Crippen molar-refractivity contribution in [3.63, 3.8) is 0 Å². The molecule has 0 aromatic carbocycles. The molecule has 0 N–H and O–H groups in total. The Morgan fingerprint density at radius 1 is 0.420 bits per heavy atom. The molecule has 0 aromatic rings. The minimum atomic E-state index is -0.853. The summed E-state index contributed by atoms with van der Waals surface area (Å²) >= 11 is 0. The Labute approximate surface area is 306 Å². The molecular weight excluding hydrogens is 624 g/mol. The third kappa shape index (κ3) is 36.1. The zero-order valence-corrected chi connectivity index (χ0v) is 32.1. The first kappa shape index (κ1) is 46.9. The van der Waals surface area contributed by atoms with Gasteiger partial charge in [0.05, 0.1) is 12.8 Å². The molecule has 0 bridgehead atoms. The lowest BCUT2D eigenvalue weighted by atomic mass is 10.0. The lowest BCUT2D eigenvalue weighted by Crippen LogP contribution is -2.30. The monoisotopic (exact) mass is 697 g/mol. The molecule has 6 heteroatoms. The van der Waals surface area contributed by atoms with Gasteiger partial charge < -0.3 is 14.2 Å². The van der Waals surface area contributed by atoms with Gasteiger partial charge in [0, 0.05) is 6.42 Å². The summed E-state index contributed by atoms with van der Waals surface area (Å²) in [5, 5.41) is 0. The third-order valence-corrected chi connectivity index (χ3v) is 8.02. The third-order valence-electron chi connectivity index (χ3n) is 8.02. The van der Waals surface area contributed by atoms with Crippen LogP contribution in [0.1, 0.15) is 168 Å². The summed E-state index contributed by atoms with van der Waals surface area (Å²) in [7, 11) is 0. The molecule has 0 radical (unpaired) electrons. The molecule has 0 fully saturated rings. The minimum absolute atomic E-state index is 0.0888. The van der Waals surface area contributed by atoms with E-state index in [1.54, 1.807) is 12.2 Å². The summed E-state index contributed by atoms with van der Waals surface area (Å²) in [4.78, 5) is 37.3. The fraction of sp³-hybridized carbons (Fsp3) is 0.659. The van der Waals surface area contributed by atoms with Gasteiger partial charge in [-0.15, -0.1) is 0 Å². The van der Waals surface area contributed by atoms with Gasteiger partial charge in [-0.25, -0.2) is 0 Å². The Bertz CT molecular complexity index is 986.